The van der Waals surface area contributed by atoms with Gasteiger partial charge in [0.1, 0.15) is 0 Å². The van der Waals surface area contributed by atoms with Gasteiger partial charge < -0.3 is 9.64 Å². The number of alkyl halides is 3. The maximum Gasteiger partial charge on any atom is 0.416 e. The van der Waals surface area contributed by atoms with Gasteiger partial charge in [-0.3, -0.25) is 9.78 Å². The Morgan fingerprint density at radius 2 is 1.97 bits per heavy atom. The van der Waals surface area contributed by atoms with E-state index in [1.54, 1.807) is 24.4 Å². The molecule has 0 unspecified atom stereocenters. The molecule has 1 aliphatic heterocycles. The Morgan fingerprint density at radius 3 is 2.71 bits per heavy atom. The molecular weight excluding hydrogens is 483 g/mol. The zero-order valence-corrected chi connectivity index (χ0v) is 19.2. The normalized spacial score (nSPS) is 18.7. The highest BCUT2D eigenvalue weighted by Gasteiger charge is 2.38. The highest BCUT2D eigenvalue weighted by Crippen LogP contribution is 2.30. The second kappa shape index (κ2) is 9.76. The Hall–Kier alpha value is -3.28. The molecule has 2 atom stereocenters. The van der Waals surface area contributed by atoms with Gasteiger partial charge in [-0.2, -0.15) is 13.2 Å². The van der Waals surface area contributed by atoms with Crippen LogP contribution in [0.1, 0.15) is 11.1 Å². The highest BCUT2D eigenvalue weighted by atomic mass is 32.2. The largest absolute Gasteiger partial charge is 0.416 e. The van der Waals surface area contributed by atoms with Crippen LogP contribution in [-0.4, -0.2) is 49.4 Å². The molecule has 1 amide bonds. The van der Waals surface area contributed by atoms with Crippen LogP contribution in [0.2, 0.25) is 0 Å². The number of fused-ring (bicyclic) bond motifs is 1. The number of ether oxygens (including phenoxy) is 1. The van der Waals surface area contributed by atoms with Crippen LogP contribution in [0.25, 0.3) is 10.9 Å². The number of sulfonamides is 1. The molecule has 0 radical (unpaired) electrons. The maximum absolute atomic E-state index is 13.1. The SMILES string of the molecule is C=CC(=O)N1C[C@@H](NS(=O)(=O)c2ccc3cccnc3c2)[C@H](OCc2cccc(C(F)(F)F)c2)C1. The molecule has 0 spiro atoms. The minimum absolute atomic E-state index is 0.00572. The highest BCUT2D eigenvalue weighted by molar-refractivity contribution is 7.89. The van der Waals surface area contributed by atoms with Gasteiger partial charge in [-0.25, -0.2) is 13.1 Å². The van der Waals surface area contributed by atoms with Crippen LogP contribution < -0.4 is 4.72 Å². The molecule has 2 aromatic carbocycles. The van der Waals surface area contributed by atoms with Crippen molar-refractivity contribution in [3.05, 3.63) is 84.6 Å². The lowest BCUT2D eigenvalue weighted by Gasteiger charge is -2.20. The number of benzene rings is 2. The molecule has 1 aliphatic rings. The first-order valence-corrected chi connectivity index (χ1v) is 12.1. The van der Waals surface area contributed by atoms with Crippen molar-refractivity contribution in [1.82, 2.24) is 14.6 Å². The molecule has 1 aromatic heterocycles. The number of amides is 1. The van der Waals surface area contributed by atoms with E-state index in [0.29, 0.717) is 5.52 Å². The molecule has 11 heteroatoms. The molecule has 2 heterocycles. The number of pyridine rings is 1. The number of hydrogen-bond acceptors (Lipinski definition) is 5. The summed E-state index contributed by atoms with van der Waals surface area (Å²) in [6.45, 7) is 3.33. The molecule has 184 valence electrons. The Labute approximate surface area is 200 Å². The number of carbonyl (C=O) groups excluding carboxylic acids is 1. The van der Waals surface area contributed by atoms with Crippen molar-refractivity contribution in [1.29, 1.82) is 0 Å². The summed E-state index contributed by atoms with van der Waals surface area (Å²) in [6, 6.07) is 11.9. The van der Waals surface area contributed by atoms with Gasteiger partial charge in [0.2, 0.25) is 15.9 Å². The number of rotatable bonds is 7. The summed E-state index contributed by atoms with van der Waals surface area (Å²) in [4.78, 5) is 17.7. The molecule has 4 rings (SSSR count). The van der Waals surface area contributed by atoms with Crippen molar-refractivity contribution in [2.45, 2.75) is 29.8 Å². The summed E-state index contributed by atoms with van der Waals surface area (Å²) in [5, 5.41) is 0.775. The van der Waals surface area contributed by atoms with Gasteiger partial charge in [-0.05, 0) is 42.0 Å². The van der Waals surface area contributed by atoms with Crippen LogP contribution in [-0.2, 0) is 32.3 Å². The monoisotopic (exact) mass is 505 g/mol. The van der Waals surface area contributed by atoms with Crippen LogP contribution in [0.15, 0.2) is 78.3 Å². The first kappa shape index (κ1) is 24.8. The molecule has 1 fully saturated rings. The van der Waals surface area contributed by atoms with Crippen molar-refractivity contribution >= 4 is 26.8 Å². The third-order valence-corrected chi connectivity index (χ3v) is 7.15. The van der Waals surface area contributed by atoms with Crippen molar-refractivity contribution in [2.24, 2.45) is 0 Å². The molecule has 1 saturated heterocycles. The smallest absolute Gasteiger partial charge is 0.370 e. The lowest BCUT2D eigenvalue weighted by Crippen LogP contribution is -2.44. The summed E-state index contributed by atoms with van der Waals surface area (Å²) in [7, 11) is -4.02. The number of nitrogens with one attached hydrogen (secondary N) is 1. The average molecular weight is 506 g/mol. The zero-order valence-electron chi connectivity index (χ0n) is 18.4. The van der Waals surface area contributed by atoms with Gasteiger partial charge in [0.05, 0.1) is 34.7 Å². The van der Waals surface area contributed by atoms with E-state index in [1.807, 2.05) is 0 Å². The molecular formula is C24H22F3N3O4S. The lowest BCUT2D eigenvalue weighted by molar-refractivity contribution is -0.137. The van der Waals surface area contributed by atoms with E-state index in [9.17, 15) is 26.4 Å². The van der Waals surface area contributed by atoms with E-state index in [4.69, 9.17) is 4.74 Å². The minimum atomic E-state index is -4.50. The average Bonchev–Trinajstić information content (AvgIpc) is 3.23. The summed E-state index contributed by atoms with van der Waals surface area (Å²) in [5.41, 5.74) is -0.0335. The van der Waals surface area contributed by atoms with E-state index in [-0.39, 0.29) is 30.2 Å². The van der Waals surface area contributed by atoms with Crippen LogP contribution >= 0.6 is 0 Å². The van der Waals surface area contributed by atoms with E-state index >= 15 is 0 Å². The first-order chi connectivity index (χ1) is 16.6. The molecule has 0 aliphatic carbocycles. The Kier molecular flexibility index (Phi) is 6.93. The molecule has 7 nitrogen and oxygen atoms in total. The molecule has 3 aromatic rings. The van der Waals surface area contributed by atoms with Crippen LogP contribution in [0, 0.1) is 0 Å². The van der Waals surface area contributed by atoms with Crippen molar-refractivity contribution < 1.29 is 31.1 Å². The van der Waals surface area contributed by atoms with Crippen LogP contribution in [0.3, 0.4) is 0 Å². The zero-order chi connectivity index (χ0) is 25.2. The van der Waals surface area contributed by atoms with E-state index < -0.39 is 39.8 Å². The van der Waals surface area contributed by atoms with Crippen molar-refractivity contribution in [3.63, 3.8) is 0 Å². The topological polar surface area (TPSA) is 88.6 Å². The second-order valence-electron chi connectivity index (χ2n) is 8.08. The number of nitrogens with zero attached hydrogens (tertiary/aromatic N) is 2. The molecule has 35 heavy (non-hydrogen) atoms. The summed E-state index contributed by atoms with van der Waals surface area (Å²) in [6.07, 6.45) is -2.62. The van der Waals surface area contributed by atoms with Crippen LogP contribution in [0.5, 0.6) is 0 Å². The standard InChI is InChI=1S/C24H22F3N3O4S/c1-2-23(31)30-13-21(22(14-30)34-15-16-5-3-7-18(11-16)24(25,26)27)29-35(32,33)19-9-8-17-6-4-10-28-20(17)12-19/h2-12,21-22,29H,1,13-15H2/t21-,22-/m1/s1. The number of aromatic nitrogens is 1. The van der Waals surface area contributed by atoms with Crippen molar-refractivity contribution in [3.8, 4) is 0 Å². The molecule has 0 bridgehead atoms. The van der Waals surface area contributed by atoms with Gasteiger partial charge in [0.25, 0.3) is 0 Å². The lowest BCUT2D eigenvalue weighted by atomic mass is 10.1. The van der Waals surface area contributed by atoms with Gasteiger partial charge in [0.15, 0.2) is 0 Å². The first-order valence-electron chi connectivity index (χ1n) is 10.6. The fraction of sp³-hybridized carbons (Fsp3) is 0.250. The van der Waals surface area contributed by atoms with E-state index in [0.717, 1.165) is 23.6 Å². The number of hydrogen-bond donors (Lipinski definition) is 1. The van der Waals surface area contributed by atoms with Gasteiger partial charge in [0, 0.05) is 24.7 Å². The van der Waals surface area contributed by atoms with Gasteiger partial charge in [-0.1, -0.05) is 30.8 Å². The summed E-state index contributed by atoms with van der Waals surface area (Å²) in [5.74, 6) is -0.408. The third kappa shape index (κ3) is 5.69. The fourth-order valence-electron chi connectivity index (χ4n) is 3.89. The molecule has 1 N–H and O–H groups in total. The Balaban J connectivity index is 1.54. The number of carbonyl (C=O) groups is 1. The number of likely N-dealkylation sites (tertiary alicyclic amines) is 1. The van der Waals surface area contributed by atoms with Crippen molar-refractivity contribution in [2.75, 3.05) is 13.1 Å². The quantitative estimate of drug-likeness (QED) is 0.497. The van der Waals surface area contributed by atoms with Gasteiger partial charge in [-0.15, -0.1) is 0 Å². The molecule has 0 saturated carbocycles. The Morgan fingerprint density at radius 1 is 1.17 bits per heavy atom. The van der Waals surface area contributed by atoms with Gasteiger partial charge >= 0.3 is 6.18 Å². The predicted molar refractivity (Wildman–Crippen MR) is 123 cm³/mol. The summed E-state index contributed by atoms with van der Waals surface area (Å²) >= 11 is 0. The maximum atomic E-state index is 13.1. The summed E-state index contributed by atoms with van der Waals surface area (Å²) < 4.78 is 73.7. The predicted octanol–water partition coefficient (Wildman–Crippen LogP) is 3.51. The number of halogens is 3. The second-order valence-corrected chi connectivity index (χ2v) is 9.79. The minimum Gasteiger partial charge on any atom is -0.370 e. The van der Waals surface area contributed by atoms with E-state index in [1.165, 1.54) is 29.2 Å². The third-order valence-electron chi connectivity index (χ3n) is 5.67. The Bertz CT molecular complexity index is 1360. The van der Waals surface area contributed by atoms with Crippen LogP contribution in [0.4, 0.5) is 13.2 Å². The van der Waals surface area contributed by atoms with E-state index in [2.05, 4.69) is 16.3 Å². The fourth-order valence-corrected chi connectivity index (χ4v) is 5.16.